The third kappa shape index (κ3) is 2.87. The van der Waals surface area contributed by atoms with Gasteiger partial charge in [-0.05, 0) is 67.1 Å². The Hall–Kier alpha value is -0.750. The molecule has 1 N–H and O–H groups in total. The molecule has 2 fully saturated rings. The number of nitrogens with zero attached hydrogens (tertiary/aromatic N) is 2. The first-order valence-corrected chi connectivity index (χ1v) is 9.94. The van der Waals surface area contributed by atoms with Crippen molar-refractivity contribution < 1.29 is 0 Å². The lowest BCUT2D eigenvalue weighted by Crippen LogP contribution is -2.35. The van der Waals surface area contributed by atoms with Gasteiger partial charge in [-0.2, -0.15) is 11.3 Å². The van der Waals surface area contributed by atoms with Crippen molar-refractivity contribution in [3.05, 3.63) is 38.5 Å². The number of hydrogen-bond acceptors (Lipinski definition) is 5. The molecule has 1 saturated carbocycles. The Morgan fingerprint density at radius 2 is 2.23 bits per heavy atom. The van der Waals surface area contributed by atoms with Crippen LogP contribution >= 0.6 is 22.7 Å². The molecule has 0 aromatic carbocycles. The van der Waals surface area contributed by atoms with E-state index in [1.165, 1.54) is 48.5 Å². The first kappa shape index (κ1) is 14.8. The van der Waals surface area contributed by atoms with Gasteiger partial charge in [0.25, 0.3) is 0 Å². The van der Waals surface area contributed by atoms with E-state index in [1.54, 1.807) is 11.3 Å². The molecule has 3 nitrogen and oxygen atoms in total. The number of rotatable bonds is 5. The fourth-order valence-corrected chi connectivity index (χ4v) is 5.32. The molecule has 0 bridgehead atoms. The Morgan fingerprint density at radius 1 is 1.36 bits per heavy atom. The summed E-state index contributed by atoms with van der Waals surface area (Å²) in [5, 5.41) is 8.00. The Bertz CT molecular complexity index is 614. The van der Waals surface area contributed by atoms with Crippen molar-refractivity contribution in [1.82, 2.24) is 15.2 Å². The van der Waals surface area contributed by atoms with Crippen LogP contribution in [0.5, 0.6) is 0 Å². The van der Waals surface area contributed by atoms with Crippen LogP contribution in [0.15, 0.2) is 22.3 Å². The summed E-state index contributed by atoms with van der Waals surface area (Å²) >= 11 is 3.61. The van der Waals surface area contributed by atoms with Crippen LogP contribution in [0.1, 0.15) is 35.4 Å². The van der Waals surface area contributed by atoms with Crippen LogP contribution in [0.4, 0.5) is 0 Å². The summed E-state index contributed by atoms with van der Waals surface area (Å²) in [5.74, 6) is 0. The van der Waals surface area contributed by atoms with Crippen LogP contribution in [0.25, 0.3) is 0 Å². The van der Waals surface area contributed by atoms with E-state index >= 15 is 0 Å². The SMILES string of the molecule is Cc1ncsc1CN(Cc1ccsc1)C1CC12CCNCC2. The molecule has 1 aliphatic carbocycles. The van der Waals surface area contributed by atoms with Gasteiger partial charge < -0.3 is 5.32 Å². The lowest BCUT2D eigenvalue weighted by molar-refractivity contribution is 0.189. The number of nitrogens with one attached hydrogen (secondary N) is 1. The van der Waals surface area contributed by atoms with Crippen molar-refractivity contribution in [3.63, 3.8) is 0 Å². The maximum Gasteiger partial charge on any atom is 0.0798 e. The molecule has 0 amide bonds. The molecular formula is C17H23N3S2. The molecule has 22 heavy (non-hydrogen) atoms. The minimum atomic E-state index is 0.597. The quantitative estimate of drug-likeness (QED) is 0.905. The average molecular weight is 334 g/mol. The molecule has 118 valence electrons. The lowest BCUT2D eigenvalue weighted by Gasteiger charge is -2.29. The Labute approximate surface area is 140 Å². The normalized spacial score (nSPS) is 23.3. The fraction of sp³-hybridized carbons (Fsp3) is 0.588. The van der Waals surface area contributed by atoms with E-state index in [9.17, 15) is 0 Å². The summed E-state index contributed by atoms with van der Waals surface area (Å²) in [5.41, 5.74) is 5.25. The molecule has 1 spiro atoms. The van der Waals surface area contributed by atoms with Gasteiger partial charge in [-0.3, -0.25) is 4.90 Å². The summed E-state index contributed by atoms with van der Waals surface area (Å²) in [6, 6.07) is 3.03. The minimum absolute atomic E-state index is 0.597. The lowest BCUT2D eigenvalue weighted by atomic mass is 9.93. The maximum absolute atomic E-state index is 4.43. The van der Waals surface area contributed by atoms with Crippen LogP contribution in [-0.2, 0) is 13.1 Å². The van der Waals surface area contributed by atoms with E-state index in [1.807, 2.05) is 16.8 Å². The van der Waals surface area contributed by atoms with E-state index in [0.29, 0.717) is 5.41 Å². The van der Waals surface area contributed by atoms with Crippen molar-refractivity contribution in [2.45, 2.75) is 45.3 Å². The standard InChI is InChI=1S/C17H23N3S2/c1-13-15(22-12-19-13)10-20(9-14-2-7-21-11-14)16-8-17(16)3-5-18-6-4-17/h2,7,11-12,16,18H,3-6,8-10H2,1H3. The van der Waals surface area contributed by atoms with Crippen LogP contribution in [0.3, 0.4) is 0 Å². The molecule has 1 aliphatic heterocycles. The zero-order chi connectivity index (χ0) is 15.0. The highest BCUT2D eigenvalue weighted by Gasteiger charge is 2.56. The van der Waals surface area contributed by atoms with Gasteiger partial charge in [0, 0.05) is 24.0 Å². The van der Waals surface area contributed by atoms with Crippen molar-refractivity contribution in [2.75, 3.05) is 13.1 Å². The van der Waals surface area contributed by atoms with E-state index in [-0.39, 0.29) is 0 Å². The first-order chi connectivity index (χ1) is 10.8. The second-order valence-electron chi connectivity index (χ2n) is 6.73. The van der Waals surface area contributed by atoms with Crippen LogP contribution < -0.4 is 5.32 Å². The monoisotopic (exact) mass is 333 g/mol. The first-order valence-electron chi connectivity index (χ1n) is 8.12. The molecule has 2 aromatic rings. The summed E-state index contributed by atoms with van der Waals surface area (Å²) in [7, 11) is 0. The Morgan fingerprint density at radius 3 is 2.91 bits per heavy atom. The summed E-state index contributed by atoms with van der Waals surface area (Å²) in [6.07, 6.45) is 4.08. The van der Waals surface area contributed by atoms with Gasteiger partial charge >= 0.3 is 0 Å². The number of aryl methyl sites for hydroxylation is 1. The van der Waals surface area contributed by atoms with E-state index in [2.05, 4.69) is 39.0 Å². The van der Waals surface area contributed by atoms with Gasteiger partial charge in [-0.15, -0.1) is 11.3 Å². The summed E-state index contributed by atoms with van der Waals surface area (Å²) < 4.78 is 0. The number of thiophene rings is 1. The van der Waals surface area contributed by atoms with E-state index in [4.69, 9.17) is 0 Å². The largest absolute Gasteiger partial charge is 0.317 e. The van der Waals surface area contributed by atoms with Crippen molar-refractivity contribution >= 4 is 22.7 Å². The summed E-state index contributed by atoms with van der Waals surface area (Å²) in [6.45, 7) is 6.68. The topological polar surface area (TPSA) is 28.2 Å². The van der Waals surface area contributed by atoms with Gasteiger partial charge in [-0.25, -0.2) is 4.98 Å². The number of aromatic nitrogens is 1. The predicted octanol–water partition coefficient (Wildman–Crippen LogP) is 3.66. The third-order valence-corrected chi connectivity index (χ3v) is 7.00. The molecule has 1 unspecified atom stereocenters. The average Bonchev–Trinajstić information content (AvgIpc) is 2.90. The van der Waals surface area contributed by atoms with Crippen molar-refractivity contribution in [2.24, 2.45) is 5.41 Å². The smallest absolute Gasteiger partial charge is 0.0798 e. The Balaban J connectivity index is 1.52. The van der Waals surface area contributed by atoms with Crippen molar-refractivity contribution in [3.8, 4) is 0 Å². The highest BCUT2D eigenvalue weighted by molar-refractivity contribution is 7.09. The van der Waals surface area contributed by atoms with E-state index < -0.39 is 0 Å². The molecule has 1 atom stereocenters. The van der Waals surface area contributed by atoms with Crippen LogP contribution in [0, 0.1) is 12.3 Å². The predicted molar refractivity (Wildman–Crippen MR) is 93.4 cm³/mol. The third-order valence-electron chi connectivity index (χ3n) is 5.34. The van der Waals surface area contributed by atoms with Gasteiger partial charge in [0.15, 0.2) is 0 Å². The highest BCUT2D eigenvalue weighted by atomic mass is 32.1. The number of thiazole rings is 1. The van der Waals surface area contributed by atoms with Gasteiger partial charge in [0.05, 0.1) is 11.2 Å². The highest BCUT2D eigenvalue weighted by Crippen LogP contribution is 2.56. The van der Waals surface area contributed by atoms with E-state index in [0.717, 1.165) is 19.1 Å². The van der Waals surface area contributed by atoms with Crippen LogP contribution in [-0.4, -0.2) is 29.0 Å². The summed E-state index contributed by atoms with van der Waals surface area (Å²) in [4.78, 5) is 8.59. The number of piperidine rings is 1. The second-order valence-corrected chi connectivity index (χ2v) is 8.45. The Kier molecular flexibility index (Phi) is 4.07. The van der Waals surface area contributed by atoms with Crippen molar-refractivity contribution in [1.29, 1.82) is 0 Å². The fourth-order valence-electron chi connectivity index (χ4n) is 3.86. The van der Waals surface area contributed by atoms with Gasteiger partial charge in [0.2, 0.25) is 0 Å². The zero-order valence-electron chi connectivity index (χ0n) is 13.0. The molecule has 4 rings (SSSR count). The molecule has 2 aromatic heterocycles. The molecule has 3 heterocycles. The molecule has 0 radical (unpaired) electrons. The minimum Gasteiger partial charge on any atom is -0.317 e. The van der Waals surface area contributed by atoms with Gasteiger partial charge in [-0.1, -0.05) is 0 Å². The maximum atomic E-state index is 4.43. The van der Waals surface area contributed by atoms with Gasteiger partial charge in [0.1, 0.15) is 0 Å². The molecule has 5 heteroatoms. The number of hydrogen-bond donors (Lipinski definition) is 1. The second kappa shape index (κ2) is 6.04. The molecule has 1 saturated heterocycles. The molecular weight excluding hydrogens is 310 g/mol. The zero-order valence-corrected chi connectivity index (χ0v) is 14.7. The molecule has 2 aliphatic rings. The van der Waals surface area contributed by atoms with Crippen LogP contribution in [0.2, 0.25) is 0 Å².